The van der Waals surface area contributed by atoms with E-state index in [9.17, 15) is 23.7 Å². The van der Waals surface area contributed by atoms with E-state index in [1.807, 2.05) is 5.32 Å². The van der Waals surface area contributed by atoms with Crippen LogP contribution in [0.2, 0.25) is 0 Å². The van der Waals surface area contributed by atoms with Gasteiger partial charge in [-0.25, -0.2) is 8.78 Å². The molecular formula is C11H14ClF2N3O4. The summed E-state index contributed by atoms with van der Waals surface area (Å²) in [6, 6.07) is 3.32. The number of nitrogens with one attached hydrogen (secondary N) is 1. The zero-order valence-corrected chi connectivity index (χ0v) is 11.8. The second-order valence-corrected chi connectivity index (χ2v) is 3.89. The normalized spacial score (nSPS) is 10.5. The molecule has 0 heterocycles. The molecule has 7 nitrogen and oxygen atoms in total. The molecule has 0 aliphatic rings. The maximum absolute atomic E-state index is 12.9. The lowest BCUT2D eigenvalue weighted by Gasteiger charge is -2.14. The Hall–Kier alpha value is -2.00. The predicted octanol–water partition coefficient (Wildman–Crippen LogP) is 1.35. The summed E-state index contributed by atoms with van der Waals surface area (Å²) in [5.41, 5.74) is 4.48. The van der Waals surface area contributed by atoms with E-state index >= 15 is 0 Å². The van der Waals surface area contributed by atoms with Gasteiger partial charge >= 0.3 is 5.69 Å². The van der Waals surface area contributed by atoms with Crippen LogP contribution in [0, 0.1) is 10.1 Å². The lowest BCUT2D eigenvalue weighted by atomic mass is 10.1. The van der Waals surface area contributed by atoms with E-state index in [4.69, 9.17) is 10.5 Å². The van der Waals surface area contributed by atoms with Crippen LogP contribution in [0.5, 0.6) is 5.75 Å². The van der Waals surface area contributed by atoms with Gasteiger partial charge in [-0.05, 0) is 6.07 Å². The van der Waals surface area contributed by atoms with Crippen LogP contribution in [0.3, 0.4) is 0 Å². The fourth-order valence-electron chi connectivity index (χ4n) is 1.35. The lowest BCUT2D eigenvalue weighted by molar-refractivity contribution is -0.385. The number of benzene rings is 1. The zero-order chi connectivity index (χ0) is 15.3. The molecule has 10 heteroatoms. The van der Waals surface area contributed by atoms with Crippen molar-refractivity contribution in [2.24, 2.45) is 5.73 Å². The third kappa shape index (κ3) is 5.12. The van der Waals surface area contributed by atoms with E-state index in [2.05, 4.69) is 0 Å². The second kappa shape index (κ2) is 7.70. The van der Waals surface area contributed by atoms with Gasteiger partial charge in [0.15, 0.2) is 5.75 Å². The number of carbonyl (C=O) groups is 1. The quantitative estimate of drug-likeness (QED) is 0.606. The highest BCUT2D eigenvalue weighted by Crippen LogP contribution is 2.27. The van der Waals surface area contributed by atoms with Crippen LogP contribution < -0.4 is 15.8 Å². The molecule has 3 N–H and O–H groups in total. The number of halogens is 3. The van der Waals surface area contributed by atoms with E-state index in [0.29, 0.717) is 0 Å². The van der Waals surface area contributed by atoms with Gasteiger partial charge in [-0.3, -0.25) is 14.9 Å². The standard InChI is InChI=1S/C11H13F2N3O4.ClH/c1-20-9-4-7(2-3-8(9)16(18)19)10(17)15-6-11(12,13)5-14;/h2-4H,5-6,14H2,1H3,(H,15,17);1H. The molecular weight excluding hydrogens is 312 g/mol. The molecule has 0 atom stereocenters. The molecule has 0 spiro atoms. The summed E-state index contributed by atoms with van der Waals surface area (Å²) in [5, 5.41) is 12.7. The van der Waals surface area contributed by atoms with Crippen molar-refractivity contribution in [3.8, 4) is 5.75 Å². The number of methoxy groups -OCH3 is 1. The largest absolute Gasteiger partial charge is 0.490 e. The number of amides is 1. The average molecular weight is 326 g/mol. The highest BCUT2D eigenvalue weighted by Gasteiger charge is 2.27. The molecule has 0 aliphatic carbocycles. The molecule has 0 aromatic heterocycles. The fraction of sp³-hybridized carbons (Fsp3) is 0.364. The Kier molecular flexibility index (Phi) is 6.96. The number of alkyl halides is 2. The third-order valence-corrected chi connectivity index (χ3v) is 2.44. The number of nitro benzene ring substituents is 1. The predicted molar refractivity (Wildman–Crippen MR) is 73.2 cm³/mol. The molecule has 0 radical (unpaired) electrons. The molecule has 0 aliphatic heterocycles. The van der Waals surface area contributed by atoms with Gasteiger partial charge in [0.2, 0.25) is 0 Å². The van der Waals surface area contributed by atoms with Crippen LogP contribution in [0.25, 0.3) is 0 Å². The summed E-state index contributed by atoms with van der Waals surface area (Å²) >= 11 is 0. The highest BCUT2D eigenvalue weighted by atomic mass is 35.5. The molecule has 1 aromatic rings. The Morgan fingerprint density at radius 2 is 2.14 bits per heavy atom. The summed E-state index contributed by atoms with van der Waals surface area (Å²) in [4.78, 5) is 21.6. The van der Waals surface area contributed by atoms with Gasteiger partial charge < -0.3 is 15.8 Å². The minimum Gasteiger partial charge on any atom is -0.490 e. The van der Waals surface area contributed by atoms with Crippen molar-refractivity contribution in [3.63, 3.8) is 0 Å². The van der Waals surface area contributed by atoms with Gasteiger partial charge in [0.05, 0.1) is 25.1 Å². The third-order valence-electron chi connectivity index (χ3n) is 2.44. The van der Waals surface area contributed by atoms with E-state index in [1.54, 1.807) is 0 Å². The number of ether oxygens (including phenoxy) is 1. The first-order chi connectivity index (χ1) is 9.30. The molecule has 0 fully saturated rings. The van der Waals surface area contributed by atoms with Crippen LogP contribution in [0.1, 0.15) is 10.4 Å². The molecule has 21 heavy (non-hydrogen) atoms. The smallest absolute Gasteiger partial charge is 0.310 e. The Balaban J connectivity index is 0.00000400. The van der Waals surface area contributed by atoms with E-state index < -0.39 is 29.8 Å². The zero-order valence-electron chi connectivity index (χ0n) is 11.0. The molecule has 118 valence electrons. The Morgan fingerprint density at radius 3 is 2.62 bits per heavy atom. The first-order valence-electron chi connectivity index (χ1n) is 5.49. The molecule has 1 amide bonds. The van der Waals surface area contributed by atoms with Gasteiger partial charge in [-0.2, -0.15) is 0 Å². The molecule has 1 rings (SSSR count). The van der Waals surface area contributed by atoms with Crippen LogP contribution in [0.15, 0.2) is 18.2 Å². The SMILES string of the molecule is COc1cc(C(=O)NCC(F)(F)CN)ccc1[N+](=O)[O-].Cl. The van der Waals surface area contributed by atoms with E-state index in [0.717, 1.165) is 18.2 Å². The van der Waals surface area contributed by atoms with Crippen molar-refractivity contribution in [1.29, 1.82) is 0 Å². The lowest BCUT2D eigenvalue weighted by Crippen LogP contribution is -2.41. The number of hydrogen-bond acceptors (Lipinski definition) is 5. The van der Waals surface area contributed by atoms with Crippen molar-refractivity contribution >= 4 is 24.0 Å². The Morgan fingerprint density at radius 1 is 1.52 bits per heavy atom. The topological polar surface area (TPSA) is 107 Å². The molecule has 0 saturated carbocycles. The number of nitrogens with zero attached hydrogens (tertiary/aromatic N) is 1. The Bertz CT molecular complexity index is 528. The van der Waals surface area contributed by atoms with Crippen molar-refractivity contribution < 1.29 is 23.2 Å². The first kappa shape index (κ1) is 19.0. The van der Waals surface area contributed by atoms with Gasteiger partial charge in [-0.15, -0.1) is 12.4 Å². The minimum absolute atomic E-state index is 0. The number of rotatable bonds is 6. The second-order valence-electron chi connectivity index (χ2n) is 3.89. The van der Waals surface area contributed by atoms with Gasteiger partial charge in [0.25, 0.3) is 11.8 Å². The van der Waals surface area contributed by atoms with Crippen molar-refractivity contribution in [2.45, 2.75) is 5.92 Å². The molecule has 0 bridgehead atoms. The van der Waals surface area contributed by atoms with E-state index in [-0.39, 0.29) is 29.4 Å². The number of carbonyl (C=O) groups excluding carboxylic acids is 1. The Labute approximate surface area is 125 Å². The van der Waals surface area contributed by atoms with Gasteiger partial charge in [0.1, 0.15) is 0 Å². The van der Waals surface area contributed by atoms with E-state index in [1.165, 1.54) is 7.11 Å². The van der Waals surface area contributed by atoms with Gasteiger partial charge in [-0.1, -0.05) is 0 Å². The summed E-state index contributed by atoms with van der Waals surface area (Å²) in [6.07, 6.45) is 0. The van der Waals surface area contributed by atoms with Crippen LogP contribution in [-0.2, 0) is 0 Å². The maximum atomic E-state index is 12.9. The minimum atomic E-state index is -3.21. The molecule has 1 aromatic carbocycles. The highest BCUT2D eigenvalue weighted by molar-refractivity contribution is 5.95. The van der Waals surface area contributed by atoms with Crippen LogP contribution >= 0.6 is 12.4 Å². The fourth-order valence-corrected chi connectivity index (χ4v) is 1.35. The summed E-state index contributed by atoms with van der Waals surface area (Å²) in [7, 11) is 1.20. The summed E-state index contributed by atoms with van der Waals surface area (Å²) in [6.45, 7) is -1.81. The number of hydrogen-bond donors (Lipinski definition) is 2. The van der Waals surface area contributed by atoms with Crippen molar-refractivity contribution in [3.05, 3.63) is 33.9 Å². The monoisotopic (exact) mass is 325 g/mol. The van der Waals surface area contributed by atoms with Crippen molar-refractivity contribution in [2.75, 3.05) is 20.2 Å². The van der Waals surface area contributed by atoms with Crippen LogP contribution in [0.4, 0.5) is 14.5 Å². The summed E-state index contributed by atoms with van der Waals surface area (Å²) < 4.78 is 30.6. The van der Waals surface area contributed by atoms with Crippen molar-refractivity contribution in [1.82, 2.24) is 5.32 Å². The first-order valence-corrected chi connectivity index (χ1v) is 5.49. The number of nitrogens with two attached hydrogens (primary N) is 1. The van der Waals surface area contributed by atoms with Crippen LogP contribution in [-0.4, -0.2) is 37.0 Å². The molecule has 0 unspecified atom stereocenters. The summed E-state index contributed by atoms with van der Waals surface area (Å²) in [5.74, 6) is -4.14. The maximum Gasteiger partial charge on any atom is 0.310 e. The number of nitro groups is 1. The van der Waals surface area contributed by atoms with Gasteiger partial charge in [0, 0.05) is 17.7 Å². The molecule has 0 saturated heterocycles. The average Bonchev–Trinajstić information content (AvgIpc) is 2.43.